The normalized spacial score (nSPS) is 19.5. The first-order valence-electron chi connectivity index (χ1n) is 7.65. The van der Waals surface area contributed by atoms with Crippen LogP contribution in [0.15, 0.2) is 33.4 Å². The van der Waals surface area contributed by atoms with Gasteiger partial charge in [0.15, 0.2) is 5.96 Å². The number of carbonyl (C=O) groups is 3. The predicted octanol–water partition coefficient (Wildman–Crippen LogP) is -1.09. The molecule has 0 aliphatic carbocycles. The van der Waals surface area contributed by atoms with Crippen molar-refractivity contribution in [2.75, 3.05) is 6.54 Å². The maximum absolute atomic E-state index is 11.2. The van der Waals surface area contributed by atoms with Crippen LogP contribution in [0, 0.1) is 0 Å². The van der Waals surface area contributed by atoms with Crippen LogP contribution < -0.4 is 16.8 Å². The van der Waals surface area contributed by atoms with E-state index in [1.807, 2.05) is 0 Å². The lowest BCUT2D eigenvalue weighted by Crippen LogP contribution is -2.41. The lowest BCUT2D eigenvalue weighted by molar-refractivity contribution is -0.140. The molecule has 0 unspecified atom stereocenters. The maximum Gasteiger partial charge on any atom is 0.351 e. The van der Waals surface area contributed by atoms with Crippen molar-refractivity contribution in [2.45, 2.75) is 31.3 Å². The number of hydrogen-bond donors (Lipinski definition) is 6. The molecule has 0 aromatic carbocycles. The summed E-state index contributed by atoms with van der Waals surface area (Å²) in [5, 5.41) is 29.6. The fourth-order valence-corrected chi connectivity index (χ4v) is 2.15. The van der Waals surface area contributed by atoms with Crippen molar-refractivity contribution in [1.29, 1.82) is 0 Å². The third-order valence-corrected chi connectivity index (χ3v) is 3.40. The zero-order valence-electron chi connectivity index (χ0n) is 13.8. The van der Waals surface area contributed by atoms with E-state index in [-0.39, 0.29) is 31.0 Å². The molecule has 0 bridgehead atoms. The Hall–Kier alpha value is -3.37. The average molecular weight is 367 g/mol. The number of guanidine groups is 1. The topological polar surface area (TPSA) is 201 Å². The number of hydrogen-bond acceptors (Lipinski definition) is 6. The molecule has 0 fully saturated rings. The predicted molar refractivity (Wildman–Crippen MR) is 92.8 cm³/mol. The summed E-state index contributed by atoms with van der Waals surface area (Å²) in [6.07, 6.45) is 4.57. The second-order valence-corrected chi connectivity index (χ2v) is 5.45. The van der Waals surface area contributed by atoms with Crippen LogP contribution in [0.1, 0.15) is 19.3 Å². The Morgan fingerprint density at radius 2 is 2.00 bits per heavy atom. The van der Waals surface area contributed by atoms with Gasteiger partial charge in [0.05, 0.1) is 0 Å². The first-order chi connectivity index (χ1) is 12.2. The summed E-state index contributed by atoms with van der Waals surface area (Å²) in [7, 11) is 0. The number of aliphatic carboxylic acids is 3. The van der Waals surface area contributed by atoms with Crippen molar-refractivity contribution in [3.05, 3.63) is 23.4 Å². The van der Waals surface area contributed by atoms with Gasteiger partial charge in [-0.1, -0.05) is 0 Å². The molecule has 1 aliphatic heterocycles. The van der Waals surface area contributed by atoms with Gasteiger partial charge >= 0.3 is 17.9 Å². The molecular weight excluding hydrogens is 346 g/mol. The van der Waals surface area contributed by atoms with Crippen molar-refractivity contribution >= 4 is 30.1 Å². The quantitative estimate of drug-likeness (QED) is 0.166. The van der Waals surface area contributed by atoms with E-state index in [1.54, 1.807) is 0 Å². The first kappa shape index (κ1) is 20.7. The van der Waals surface area contributed by atoms with Crippen molar-refractivity contribution < 1.29 is 29.7 Å². The SMILES string of the molecule is NC(N)=NCCC[C@H](N=C/C=C1/C=C(C(=O)O)N[C@H](C(=O)O)C1)C(=O)O. The lowest BCUT2D eigenvalue weighted by atomic mass is 10.00. The van der Waals surface area contributed by atoms with Crippen molar-refractivity contribution in [2.24, 2.45) is 21.5 Å². The standard InChI is InChI=1S/C15H21N5O6/c16-15(17)19-4-1-2-9(12(21)22)18-5-3-8-6-10(13(23)24)20-11(7-8)14(25)26/h3,5-6,9,11,20H,1-2,4,7H2,(H,21,22)(H,23,24)(H,25,26)(H4,16,17,19)/b8-3-,18-5?/t9-,11-/m0/s1. The molecule has 0 amide bonds. The smallest absolute Gasteiger partial charge is 0.351 e. The second-order valence-electron chi connectivity index (χ2n) is 5.45. The Morgan fingerprint density at radius 1 is 1.31 bits per heavy atom. The van der Waals surface area contributed by atoms with Gasteiger partial charge in [0.25, 0.3) is 0 Å². The first-order valence-corrected chi connectivity index (χ1v) is 7.65. The number of allylic oxidation sites excluding steroid dienone is 2. The molecule has 0 aromatic rings. The van der Waals surface area contributed by atoms with Crippen LogP contribution in [0.4, 0.5) is 0 Å². The van der Waals surface area contributed by atoms with E-state index in [0.717, 1.165) is 0 Å². The van der Waals surface area contributed by atoms with Crippen LogP contribution in [-0.4, -0.2) is 64.0 Å². The number of carboxylic acids is 3. The maximum atomic E-state index is 11.2. The molecule has 142 valence electrons. The fourth-order valence-electron chi connectivity index (χ4n) is 2.15. The van der Waals surface area contributed by atoms with E-state index < -0.39 is 30.0 Å². The van der Waals surface area contributed by atoms with Gasteiger partial charge in [0.1, 0.15) is 17.8 Å². The van der Waals surface area contributed by atoms with Crippen LogP contribution in [-0.2, 0) is 14.4 Å². The van der Waals surface area contributed by atoms with Gasteiger partial charge in [-0.2, -0.15) is 0 Å². The van der Waals surface area contributed by atoms with Gasteiger partial charge in [-0.05, 0) is 30.6 Å². The number of aliphatic imine (C=N–C) groups is 2. The van der Waals surface area contributed by atoms with E-state index in [1.165, 1.54) is 18.4 Å². The van der Waals surface area contributed by atoms with Crippen molar-refractivity contribution in [3.8, 4) is 0 Å². The summed E-state index contributed by atoms with van der Waals surface area (Å²) in [4.78, 5) is 41.0. The van der Waals surface area contributed by atoms with Gasteiger partial charge in [0, 0.05) is 19.2 Å². The molecule has 1 rings (SSSR count). The molecule has 0 radical (unpaired) electrons. The minimum atomic E-state index is -1.29. The zero-order valence-corrected chi connectivity index (χ0v) is 13.8. The Morgan fingerprint density at radius 3 is 2.54 bits per heavy atom. The Labute approximate surface area is 148 Å². The highest BCUT2D eigenvalue weighted by atomic mass is 16.4. The van der Waals surface area contributed by atoms with E-state index in [0.29, 0.717) is 12.0 Å². The monoisotopic (exact) mass is 367 g/mol. The minimum absolute atomic E-state index is 0.0420. The molecule has 1 aliphatic rings. The van der Waals surface area contributed by atoms with Crippen molar-refractivity contribution in [1.82, 2.24) is 5.32 Å². The summed E-state index contributed by atoms with van der Waals surface area (Å²) in [6.45, 7) is 0.277. The molecular formula is C15H21N5O6. The number of nitrogens with zero attached hydrogens (tertiary/aromatic N) is 2. The number of carboxylic acid groups (broad SMARTS) is 3. The van der Waals surface area contributed by atoms with Gasteiger partial charge in [-0.3, -0.25) is 9.98 Å². The highest BCUT2D eigenvalue weighted by Gasteiger charge is 2.26. The molecule has 1 heterocycles. The molecule has 11 heteroatoms. The average Bonchev–Trinajstić information content (AvgIpc) is 2.56. The van der Waals surface area contributed by atoms with Gasteiger partial charge < -0.3 is 32.1 Å². The molecule has 11 nitrogen and oxygen atoms in total. The van der Waals surface area contributed by atoms with Crippen molar-refractivity contribution in [3.63, 3.8) is 0 Å². The fraction of sp³-hybridized carbons (Fsp3) is 0.400. The molecule has 2 atom stereocenters. The number of rotatable bonds is 9. The van der Waals surface area contributed by atoms with Gasteiger partial charge in [0.2, 0.25) is 0 Å². The number of nitrogens with one attached hydrogen (secondary N) is 1. The highest BCUT2D eigenvalue weighted by molar-refractivity contribution is 5.89. The van der Waals surface area contributed by atoms with Crippen LogP contribution >= 0.6 is 0 Å². The molecule has 0 spiro atoms. The van der Waals surface area contributed by atoms with Crippen LogP contribution in [0.3, 0.4) is 0 Å². The number of nitrogens with two attached hydrogens (primary N) is 2. The van der Waals surface area contributed by atoms with E-state index in [4.69, 9.17) is 26.8 Å². The van der Waals surface area contributed by atoms with Crippen LogP contribution in [0.5, 0.6) is 0 Å². The summed E-state index contributed by atoms with van der Waals surface area (Å²) < 4.78 is 0. The Bertz CT molecular complexity index is 678. The molecule has 0 aromatic heterocycles. The lowest BCUT2D eigenvalue weighted by Gasteiger charge is -2.21. The summed E-state index contributed by atoms with van der Waals surface area (Å²) in [6, 6.07) is -2.10. The molecule has 26 heavy (non-hydrogen) atoms. The summed E-state index contributed by atoms with van der Waals surface area (Å²) >= 11 is 0. The van der Waals surface area contributed by atoms with Crippen LogP contribution in [0.2, 0.25) is 0 Å². The second kappa shape index (κ2) is 9.81. The summed E-state index contributed by atoms with van der Waals surface area (Å²) in [5.74, 6) is -3.69. The Kier molecular flexibility index (Phi) is 7.80. The van der Waals surface area contributed by atoms with E-state index in [9.17, 15) is 14.4 Å². The van der Waals surface area contributed by atoms with Crippen LogP contribution in [0.25, 0.3) is 0 Å². The highest BCUT2D eigenvalue weighted by Crippen LogP contribution is 2.16. The minimum Gasteiger partial charge on any atom is -0.480 e. The third-order valence-electron chi connectivity index (χ3n) is 3.40. The van der Waals surface area contributed by atoms with E-state index in [2.05, 4.69) is 15.3 Å². The zero-order chi connectivity index (χ0) is 19.7. The largest absolute Gasteiger partial charge is 0.480 e. The Balaban J connectivity index is 2.80. The van der Waals surface area contributed by atoms with Gasteiger partial charge in [-0.15, -0.1) is 0 Å². The third kappa shape index (κ3) is 7.03. The van der Waals surface area contributed by atoms with Gasteiger partial charge in [-0.25, -0.2) is 14.4 Å². The van der Waals surface area contributed by atoms with E-state index >= 15 is 0 Å². The molecule has 8 N–H and O–H groups in total. The molecule has 0 saturated heterocycles. The molecule has 0 saturated carbocycles. The summed E-state index contributed by atoms with van der Waals surface area (Å²) in [5.41, 5.74) is 10.5.